The van der Waals surface area contributed by atoms with Crippen LogP contribution < -0.4 is 0 Å². The third-order valence-electron chi connectivity index (χ3n) is 1.87. The van der Waals surface area contributed by atoms with Crippen molar-refractivity contribution in [2.24, 2.45) is 0 Å². The Labute approximate surface area is 86.6 Å². The van der Waals surface area contributed by atoms with Gasteiger partial charge in [0.1, 0.15) is 0 Å². The molecule has 0 aromatic heterocycles. The molecule has 1 saturated heterocycles. The molecule has 0 saturated carbocycles. The molecule has 12 heavy (non-hydrogen) atoms. The van der Waals surface area contributed by atoms with E-state index < -0.39 is 4.84 Å². The first-order chi connectivity index (χ1) is 5.45. The second-order valence-corrected chi connectivity index (χ2v) is 5.88. The minimum absolute atomic E-state index is 0.154. The summed E-state index contributed by atoms with van der Waals surface area (Å²) in [6, 6.07) is 0. The Bertz CT molecular complexity index is 196. The largest absolute Gasteiger partial charge is 0.325 e. The average molecular weight is 228 g/mol. The van der Waals surface area contributed by atoms with Crippen LogP contribution in [0.5, 0.6) is 0 Å². The Morgan fingerprint density at radius 1 is 1.58 bits per heavy atom. The lowest BCUT2D eigenvalue weighted by atomic mass is 10.3. The fourth-order valence-electron chi connectivity index (χ4n) is 1.23. The van der Waals surface area contributed by atoms with Gasteiger partial charge in [-0.3, -0.25) is 4.79 Å². The first-order valence-corrected chi connectivity index (χ1v) is 5.54. The van der Waals surface area contributed by atoms with Crippen molar-refractivity contribution in [2.75, 3.05) is 12.3 Å². The molecule has 1 fully saturated rings. The molecule has 0 unspecified atom stereocenters. The summed E-state index contributed by atoms with van der Waals surface area (Å²) < 4.78 is 0. The molecule has 0 aromatic rings. The lowest BCUT2D eigenvalue weighted by Crippen LogP contribution is -2.43. The van der Waals surface area contributed by atoms with E-state index in [1.807, 2.05) is 13.8 Å². The van der Waals surface area contributed by atoms with Crippen molar-refractivity contribution in [1.82, 2.24) is 4.90 Å². The molecule has 2 nitrogen and oxygen atoms in total. The lowest BCUT2D eigenvalue weighted by molar-refractivity contribution is -0.131. The summed E-state index contributed by atoms with van der Waals surface area (Å²) in [6.45, 7) is 4.74. The fourth-order valence-corrected chi connectivity index (χ4v) is 2.57. The first kappa shape index (κ1) is 10.5. The summed E-state index contributed by atoms with van der Waals surface area (Å²) in [5.74, 6) is 0.771. The van der Waals surface area contributed by atoms with E-state index in [4.69, 9.17) is 23.2 Å². The highest BCUT2D eigenvalue weighted by molar-refractivity contribution is 8.00. The number of rotatable bonds is 1. The minimum Gasteiger partial charge on any atom is -0.325 e. The van der Waals surface area contributed by atoms with Crippen LogP contribution in [0.1, 0.15) is 13.8 Å². The van der Waals surface area contributed by atoms with E-state index in [0.29, 0.717) is 0 Å². The van der Waals surface area contributed by atoms with E-state index >= 15 is 0 Å². The van der Waals surface area contributed by atoms with Gasteiger partial charge in [0.15, 0.2) is 4.84 Å². The maximum atomic E-state index is 11.4. The predicted molar refractivity (Wildman–Crippen MR) is 53.7 cm³/mol. The Morgan fingerprint density at radius 3 is 2.50 bits per heavy atom. The van der Waals surface area contributed by atoms with Gasteiger partial charge in [-0.2, -0.15) is 0 Å². The third kappa shape index (κ3) is 2.01. The van der Waals surface area contributed by atoms with Gasteiger partial charge >= 0.3 is 0 Å². The van der Waals surface area contributed by atoms with Crippen molar-refractivity contribution in [1.29, 1.82) is 0 Å². The Morgan fingerprint density at radius 2 is 2.17 bits per heavy atom. The maximum absolute atomic E-state index is 11.4. The van der Waals surface area contributed by atoms with Crippen LogP contribution in [0.25, 0.3) is 0 Å². The smallest absolute Gasteiger partial charge is 0.256 e. The Balaban J connectivity index is 2.69. The highest BCUT2D eigenvalue weighted by Crippen LogP contribution is 2.35. The van der Waals surface area contributed by atoms with E-state index in [1.165, 1.54) is 0 Å². The molecule has 70 valence electrons. The Kier molecular flexibility index (Phi) is 3.18. The van der Waals surface area contributed by atoms with Gasteiger partial charge in [0.2, 0.25) is 0 Å². The number of carbonyl (C=O) groups excluding carboxylic acids is 1. The molecule has 1 aliphatic heterocycles. The van der Waals surface area contributed by atoms with E-state index in [2.05, 4.69) is 0 Å². The van der Waals surface area contributed by atoms with Crippen molar-refractivity contribution in [3.05, 3.63) is 0 Å². The molecule has 0 aromatic carbocycles. The highest BCUT2D eigenvalue weighted by atomic mass is 35.5. The van der Waals surface area contributed by atoms with Crippen LogP contribution in [0.2, 0.25) is 0 Å². The van der Waals surface area contributed by atoms with Crippen LogP contribution in [0.4, 0.5) is 0 Å². The molecule has 5 heteroatoms. The topological polar surface area (TPSA) is 20.3 Å². The normalized spacial score (nSPS) is 21.9. The zero-order chi connectivity index (χ0) is 9.35. The molecule has 1 amide bonds. The van der Waals surface area contributed by atoms with Crippen molar-refractivity contribution in [3.63, 3.8) is 0 Å². The molecule has 1 aliphatic rings. The van der Waals surface area contributed by atoms with E-state index in [1.54, 1.807) is 16.7 Å². The van der Waals surface area contributed by atoms with Crippen LogP contribution >= 0.6 is 35.0 Å². The fraction of sp³-hybridized carbons (Fsp3) is 0.857. The van der Waals surface area contributed by atoms with Crippen LogP contribution in [-0.2, 0) is 4.79 Å². The number of carbonyl (C=O) groups is 1. The Hall–Kier alpha value is 0.400. The third-order valence-corrected chi connectivity index (χ3v) is 3.56. The first-order valence-electron chi connectivity index (χ1n) is 3.69. The van der Waals surface area contributed by atoms with Crippen molar-refractivity contribution in [3.8, 4) is 0 Å². The number of nitrogens with zero attached hydrogens (tertiary/aromatic N) is 1. The minimum atomic E-state index is -0.928. The van der Waals surface area contributed by atoms with Gasteiger partial charge in [-0.15, -0.1) is 11.8 Å². The van der Waals surface area contributed by atoms with Crippen molar-refractivity contribution in [2.45, 2.75) is 23.6 Å². The summed E-state index contributed by atoms with van der Waals surface area (Å²) in [5, 5.41) is 0. The number of amides is 1. The van der Waals surface area contributed by atoms with E-state index in [9.17, 15) is 4.79 Å². The summed E-state index contributed by atoms with van der Waals surface area (Å²) in [7, 11) is 0. The van der Waals surface area contributed by atoms with Gasteiger partial charge < -0.3 is 4.90 Å². The van der Waals surface area contributed by atoms with Gasteiger partial charge in [0, 0.05) is 12.3 Å². The van der Waals surface area contributed by atoms with Crippen molar-refractivity contribution >= 4 is 40.9 Å². The van der Waals surface area contributed by atoms with Gasteiger partial charge in [0.25, 0.3) is 5.91 Å². The molecule has 0 bridgehead atoms. The molecule has 0 N–H and O–H groups in total. The lowest BCUT2D eigenvalue weighted by Gasteiger charge is -2.30. The zero-order valence-electron chi connectivity index (χ0n) is 7.01. The molecular weight excluding hydrogens is 217 g/mol. The summed E-state index contributed by atoms with van der Waals surface area (Å²) >= 11 is 12.7. The van der Waals surface area contributed by atoms with Crippen LogP contribution in [0.15, 0.2) is 0 Å². The summed E-state index contributed by atoms with van der Waals surface area (Å²) in [4.78, 5) is 12.1. The second kappa shape index (κ2) is 3.64. The molecule has 1 rings (SSSR count). The van der Waals surface area contributed by atoms with Gasteiger partial charge in [-0.25, -0.2) is 0 Å². The molecular formula is C7H11Cl2NOS. The van der Waals surface area contributed by atoms with Crippen LogP contribution in [0.3, 0.4) is 0 Å². The van der Waals surface area contributed by atoms with E-state index in [0.717, 1.165) is 12.3 Å². The number of halogens is 2. The molecule has 1 heterocycles. The van der Waals surface area contributed by atoms with Gasteiger partial charge in [-0.05, 0) is 13.8 Å². The number of hydrogen-bond acceptors (Lipinski definition) is 2. The number of thioether (sulfide) groups is 1. The van der Waals surface area contributed by atoms with Gasteiger partial charge in [0.05, 0.1) is 4.87 Å². The van der Waals surface area contributed by atoms with Crippen LogP contribution in [-0.4, -0.2) is 32.8 Å². The summed E-state index contributed by atoms with van der Waals surface area (Å²) in [5.41, 5.74) is 0. The van der Waals surface area contributed by atoms with Crippen LogP contribution in [0, 0.1) is 0 Å². The SMILES string of the molecule is CC1(C)SCCN1C(=O)C(Cl)Cl. The molecule has 0 radical (unpaired) electrons. The van der Waals surface area contributed by atoms with Crippen molar-refractivity contribution < 1.29 is 4.79 Å². The number of hydrogen-bond donors (Lipinski definition) is 0. The van der Waals surface area contributed by atoms with E-state index in [-0.39, 0.29) is 10.8 Å². The summed E-state index contributed by atoms with van der Waals surface area (Å²) in [6.07, 6.45) is 0. The van der Waals surface area contributed by atoms with Gasteiger partial charge in [-0.1, -0.05) is 23.2 Å². The second-order valence-electron chi connectivity index (χ2n) is 3.09. The maximum Gasteiger partial charge on any atom is 0.256 e. The zero-order valence-corrected chi connectivity index (χ0v) is 9.34. The standard InChI is InChI=1S/C7H11Cl2NOS/c1-7(2)10(3-4-12-7)6(11)5(8)9/h5H,3-4H2,1-2H3. The quantitative estimate of drug-likeness (QED) is 0.640. The average Bonchev–Trinajstić information content (AvgIpc) is 2.27. The monoisotopic (exact) mass is 227 g/mol. The molecule has 0 spiro atoms. The highest BCUT2D eigenvalue weighted by Gasteiger charge is 2.37. The molecule has 0 aliphatic carbocycles. The molecule has 0 atom stereocenters. The number of alkyl halides is 2. The predicted octanol–water partition coefficient (Wildman–Crippen LogP) is 2.10.